The number of amides is 1. The SMILES string of the molecule is C[C@@H](CN1C[C@@H](O)[C@@H](O)CC1=O)c1c(O)ccc(Cl)c1Cl. The van der Waals surface area contributed by atoms with Crippen molar-refractivity contribution in [3.63, 3.8) is 0 Å². The Balaban J connectivity index is 2.17. The van der Waals surface area contributed by atoms with E-state index >= 15 is 0 Å². The molecule has 21 heavy (non-hydrogen) atoms. The summed E-state index contributed by atoms with van der Waals surface area (Å²) in [7, 11) is 0. The number of benzene rings is 1. The number of phenols is 1. The number of piperidine rings is 1. The van der Waals surface area contributed by atoms with Gasteiger partial charge in [0.2, 0.25) is 5.91 Å². The van der Waals surface area contributed by atoms with Crippen LogP contribution in [0.4, 0.5) is 0 Å². The smallest absolute Gasteiger partial charge is 0.225 e. The Hall–Kier alpha value is -1.01. The summed E-state index contributed by atoms with van der Waals surface area (Å²) in [5.74, 6) is -0.484. The zero-order valence-electron chi connectivity index (χ0n) is 11.5. The number of aromatic hydroxyl groups is 1. The topological polar surface area (TPSA) is 81.0 Å². The Bertz CT molecular complexity index is 552. The number of carbonyl (C=O) groups is 1. The first-order valence-electron chi connectivity index (χ1n) is 6.62. The van der Waals surface area contributed by atoms with Gasteiger partial charge in [-0.3, -0.25) is 4.79 Å². The van der Waals surface area contributed by atoms with Crippen LogP contribution in [0.2, 0.25) is 10.0 Å². The van der Waals surface area contributed by atoms with Gasteiger partial charge >= 0.3 is 0 Å². The summed E-state index contributed by atoms with van der Waals surface area (Å²) >= 11 is 12.1. The van der Waals surface area contributed by atoms with E-state index in [2.05, 4.69) is 0 Å². The van der Waals surface area contributed by atoms with E-state index in [1.165, 1.54) is 17.0 Å². The fourth-order valence-electron chi connectivity index (χ4n) is 2.52. The predicted molar refractivity (Wildman–Crippen MR) is 79.8 cm³/mol. The van der Waals surface area contributed by atoms with Crippen LogP contribution in [0.1, 0.15) is 24.8 Å². The van der Waals surface area contributed by atoms with Gasteiger partial charge in [0.15, 0.2) is 0 Å². The molecule has 0 aliphatic carbocycles. The fraction of sp³-hybridized carbons (Fsp3) is 0.500. The third-order valence-corrected chi connectivity index (χ3v) is 4.50. The number of hydrogen-bond acceptors (Lipinski definition) is 4. The lowest BCUT2D eigenvalue weighted by Crippen LogP contribution is -2.50. The highest BCUT2D eigenvalue weighted by molar-refractivity contribution is 6.42. The van der Waals surface area contributed by atoms with E-state index in [4.69, 9.17) is 23.2 Å². The van der Waals surface area contributed by atoms with E-state index in [1.807, 2.05) is 6.92 Å². The number of hydrogen-bond donors (Lipinski definition) is 3. The maximum atomic E-state index is 11.9. The van der Waals surface area contributed by atoms with Crippen molar-refractivity contribution in [3.8, 4) is 5.75 Å². The van der Waals surface area contributed by atoms with Crippen LogP contribution in [0.15, 0.2) is 12.1 Å². The van der Waals surface area contributed by atoms with Crippen molar-refractivity contribution in [2.45, 2.75) is 31.5 Å². The lowest BCUT2D eigenvalue weighted by molar-refractivity contribution is -0.144. The minimum absolute atomic E-state index is 0.0157. The minimum Gasteiger partial charge on any atom is -0.508 e. The van der Waals surface area contributed by atoms with Crippen molar-refractivity contribution >= 4 is 29.1 Å². The second-order valence-corrected chi connectivity index (χ2v) is 6.12. The molecule has 5 nitrogen and oxygen atoms in total. The molecule has 1 aliphatic heterocycles. The van der Waals surface area contributed by atoms with E-state index in [0.29, 0.717) is 10.6 Å². The normalized spacial score (nSPS) is 24.2. The summed E-state index contributed by atoms with van der Waals surface area (Å²) < 4.78 is 0. The van der Waals surface area contributed by atoms with Gasteiger partial charge in [0, 0.05) is 24.6 Å². The predicted octanol–water partition coefficient (Wildman–Crippen LogP) is 1.76. The first-order valence-corrected chi connectivity index (χ1v) is 7.37. The molecule has 2 rings (SSSR count). The molecule has 1 amide bonds. The Morgan fingerprint density at radius 2 is 2.00 bits per heavy atom. The van der Waals surface area contributed by atoms with Crippen LogP contribution in [0, 0.1) is 0 Å². The Morgan fingerprint density at radius 1 is 1.33 bits per heavy atom. The molecule has 0 radical (unpaired) electrons. The molecule has 3 atom stereocenters. The molecule has 0 saturated carbocycles. The highest BCUT2D eigenvalue weighted by atomic mass is 35.5. The lowest BCUT2D eigenvalue weighted by atomic mass is 9.97. The largest absolute Gasteiger partial charge is 0.508 e. The number of likely N-dealkylation sites (tertiary alicyclic amines) is 1. The summed E-state index contributed by atoms with van der Waals surface area (Å²) in [6.45, 7) is 2.14. The second kappa shape index (κ2) is 6.40. The average molecular weight is 334 g/mol. The molecule has 3 N–H and O–H groups in total. The van der Waals surface area contributed by atoms with E-state index in [1.54, 1.807) is 0 Å². The molecule has 1 aromatic carbocycles. The molecule has 1 saturated heterocycles. The van der Waals surface area contributed by atoms with Crippen LogP contribution < -0.4 is 0 Å². The number of halogens is 2. The van der Waals surface area contributed by atoms with Crippen molar-refractivity contribution < 1.29 is 20.1 Å². The molecule has 1 fully saturated rings. The molecule has 1 aliphatic rings. The Kier molecular flexibility index (Phi) is 4.99. The van der Waals surface area contributed by atoms with Crippen molar-refractivity contribution in [2.24, 2.45) is 0 Å². The van der Waals surface area contributed by atoms with Crippen LogP contribution in [-0.4, -0.2) is 51.4 Å². The van der Waals surface area contributed by atoms with E-state index in [0.717, 1.165) is 0 Å². The molecule has 1 aromatic rings. The van der Waals surface area contributed by atoms with Crippen molar-refractivity contribution in [3.05, 3.63) is 27.7 Å². The van der Waals surface area contributed by atoms with Gasteiger partial charge in [-0.15, -0.1) is 0 Å². The average Bonchev–Trinajstić information content (AvgIpc) is 2.41. The monoisotopic (exact) mass is 333 g/mol. The van der Waals surface area contributed by atoms with Gasteiger partial charge < -0.3 is 20.2 Å². The summed E-state index contributed by atoms with van der Waals surface area (Å²) in [4.78, 5) is 13.3. The first-order chi connectivity index (χ1) is 9.81. The summed E-state index contributed by atoms with van der Waals surface area (Å²) in [5, 5.41) is 29.7. The zero-order chi connectivity index (χ0) is 15.7. The van der Waals surface area contributed by atoms with Crippen molar-refractivity contribution in [1.29, 1.82) is 0 Å². The number of carbonyl (C=O) groups excluding carboxylic acids is 1. The summed E-state index contributed by atoms with van der Waals surface area (Å²) in [5.41, 5.74) is 0.470. The van der Waals surface area contributed by atoms with Crippen LogP contribution in [0.5, 0.6) is 5.75 Å². The summed E-state index contributed by atoms with van der Waals surface area (Å²) in [6, 6.07) is 2.96. The van der Waals surface area contributed by atoms with Gasteiger partial charge in [-0.05, 0) is 12.1 Å². The van der Waals surface area contributed by atoms with Gasteiger partial charge in [0.25, 0.3) is 0 Å². The number of phenolic OH excluding ortho intramolecular Hbond substituents is 1. The number of β-amino-alcohol motifs (C(OH)–C–C–N with tert-alkyl or cyclic N) is 1. The summed E-state index contributed by atoms with van der Waals surface area (Å²) in [6.07, 6.45) is -2.09. The highest BCUT2D eigenvalue weighted by Crippen LogP contribution is 2.38. The van der Waals surface area contributed by atoms with Crippen LogP contribution in [-0.2, 0) is 4.79 Å². The van der Waals surface area contributed by atoms with Crippen molar-refractivity contribution in [1.82, 2.24) is 4.90 Å². The van der Waals surface area contributed by atoms with Gasteiger partial charge in [0.1, 0.15) is 5.75 Å². The van der Waals surface area contributed by atoms with Gasteiger partial charge in [-0.1, -0.05) is 30.1 Å². The highest BCUT2D eigenvalue weighted by Gasteiger charge is 2.33. The molecule has 0 spiro atoms. The first kappa shape index (κ1) is 16.4. The number of aliphatic hydroxyl groups excluding tert-OH is 2. The van der Waals surface area contributed by atoms with Crippen molar-refractivity contribution in [2.75, 3.05) is 13.1 Å². The molecular weight excluding hydrogens is 317 g/mol. The number of rotatable bonds is 3. The standard InChI is InChI=1S/C14H17Cl2NO4/c1-7(13-9(18)3-2-8(15)14(13)16)5-17-6-11(20)10(19)4-12(17)21/h2-3,7,10-11,18-20H,4-6H2,1H3/t7-,10-,11+/m0/s1. The molecule has 116 valence electrons. The second-order valence-electron chi connectivity index (χ2n) is 5.33. The van der Waals surface area contributed by atoms with Crippen LogP contribution in [0.3, 0.4) is 0 Å². The van der Waals surface area contributed by atoms with Gasteiger partial charge in [-0.2, -0.15) is 0 Å². The van der Waals surface area contributed by atoms with E-state index in [-0.39, 0.29) is 42.1 Å². The third kappa shape index (κ3) is 3.43. The van der Waals surface area contributed by atoms with Gasteiger partial charge in [-0.25, -0.2) is 0 Å². The molecule has 7 heteroatoms. The lowest BCUT2D eigenvalue weighted by Gasteiger charge is -2.35. The maximum absolute atomic E-state index is 11.9. The number of nitrogens with zero attached hydrogens (tertiary/aromatic N) is 1. The quantitative estimate of drug-likeness (QED) is 0.787. The molecule has 0 unspecified atom stereocenters. The molecule has 1 heterocycles. The van der Waals surface area contributed by atoms with E-state index < -0.39 is 12.2 Å². The molecule has 0 bridgehead atoms. The Morgan fingerprint density at radius 3 is 2.67 bits per heavy atom. The fourth-order valence-corrected chi connectivity index (χ4v) is 3.03. The Labute approximate surface area is 132 Å². The molecular formula is C14H17Cl2NO4. The maximum Gasteiger partial charge on any atom is 0.225 e. The minimum atomic E-state index is -1.02. The molecule has 0 aromatic heterocycles. The van der Waals surface area contributed by atoms with Gasteiger partial charge in [0.05, 0.1) is 28.7 Å². The zero-order valence-corrected chi connectivity index (χ0v) is 13.0. The van der Waals surface area contributed by atoms with Crippen LogP contribution in [0.25, 0.3) is 0 Å². The van der Waals surface area contributed by atoms with E-state index in [9.17, 15) is 20.1 Å². The van der Waals surface area contributed by atoms with Crippen LogP contribution >= 0.6 is 23.2 Å². The number of aliphatic hydroxyl groups is 2. The third-order valence-electron chi connectivity index (χ3n) is 3.68.